The maximum atomic E-state index is 12.5. The average molecular weight is 451 g/mol. The molecule has 0 amide bonds. The van der Waals surface area contributed by atoms with Gasteiger partial charge in [-0.2, -0.15) is 0 Å². The zero-order valence-corrected chi connectivity index (χ0v) is 20.4. The number of fused-ring (bicyclic) bond motifs is 1. The summed E-state index contributed by atoms with van der Waals surface area (Å²) in [6.07, 6.45) is 5.46. The standard InChI is InChI=1S/C28H38N2O3/c1-27(2,30)19-25(29)28(3,4)26(31)33-16-8-15-32-24-14-13-22-17-21(11-12-23(22)18-24)20-9-6-5-7-10-20/h5-7,9-10,13-14,17-18,25H,8,11-12,15-16,19,29-30H2,1-4H3. The average Bonchev–Trinajstić information content (AvgIpc) is 2.77. The van der Waals surface area contributed by atoms with Gasteiger partial charge in [0.15, 0.2) is 0 Å². The van der Waals surface area contributed by atoms with Gasteiger partial charge in [0.05, 0.1) is 18.6 Å². The lowest BCUT2D eigenvalue weighted by atomic mass is 9.79. The number of allylic oxidation sites excluding steroid dienone is 1. The smallest absolute Gasteiger partial charge is 0.313 e. The molecule has 0 bridgehead atoms. The van der Waals surface area contributed by atoms with Gasteiger partial charge < -0.3 is 20.9 Å². The first-order valence-electron chi connectivity index (χ1n) is 11.8. The Bertz CT molecular complexity index is 974. The summed E-state index contributed by atoms with van der Waals surface area (Å²) in [5.41, 5.74) is 16.3. The summed E-state index contributed by atoms with van der Waals surface area (Å²) in [6.45, 7) is 8.23. The number of aryl methyl sites for hydroxylation is 1. The van der Waals surface area contributed by atoms with Crippen LogP contribution in [0.2, 0.25) is 0 Å². The van der Waals surface area contributed by atoms with Gasteiger partial charge in [0.25, 0.3) is 0 Å². The van der Waals surface area contributed by atoms with Gasteiger partial charge in [0.2, 0.25) is 0 Å². The van der Waals surface area contributed by atoms with E-state index < -0.39 is 11.0 Å². The minimum absolute atomic E-state index is 0.297. The number of benzene rings is 2. The van der Waals surface area contributed by atoms with Crippen LogP contribution < -0.4 is 16.2 Å². The minimum atomic E-state index is -0.790. The van der Waals surface area contributed by atoms with Crippen molar-refractivity contribution in [2.24, 2.45) is 16.9 Å². The molecule has 2 aromatic carbocycles. The Balaban J connectivity index is 1.46. The molecule has 0 saturated heterocycles. The molecule has 178 valence electrons. The Kier molecular flexibility index (Phi) is 7.98. The first-order valence-corrected chi connectivity index (χ1v) is 11.8. The number of ether oxygens (including phenoxy) is 2. The fraction of sp³-hybridized carbons (Fsp3) is 0.464. The van der Waals surface area contributed by atoms with Crippen molar-refractivity contribution in [2.45, 2.75) is 65.0 Å². The van der Waals surface area contributed by atoms with Crippen molar-refractivity contribution in [2.75, 3.05) is 13.2 Å². The highest BCUT2D eigenvalue weighted by Crippen LogP contribution is 2.32. The van der Waals surface area contributed by atoms with E-state index in [0.717, 1.165) is 18.6 Å². The minimum Gasteiger partial charge on any atom is -0.493 e. The van der Waals surface area contributed by atoms with Gasteiger partial charge in [0, 0.05) is 18.0 Å². The molecule has 0 spiro atoms. The molecule has 0 aliphatic heterocycles. The molecule has 0 fully saturated rings. The van der Waals surface area contributed by atoms with Gasteiger partial charge in [-0.1, -0.05) is 42.5 Å². The van der Waals surface area contributed by atoms with Crippen LogP contribution in [0.15, 0.2) is 48.5 Å². The summed E-state index contributed by atoms with van der Waals surface area (Å²) in [7, 11) is 0. The molecule has 0 radical (unpaired) electrons. The molecule has 1 aliphatic carbocycles. The fourth-order valence-corrected chi connectivity index (χ4v) is 4.01. The molecule has 1 aliphatic rings. The third-order valence-corrected chi connectivity index (χ3v) is 6.24. The van der Waals surface area contributed by atoms with Crippen LogP contribution >= 0.6 is 0 Å². The second kappa shape index (κ2) is 10.5. The summed E-state index contributed by atoms with van der Waals surface area (Å²) < 4.78 is 11.4. The second-order valence-electron chi connectivity index (χ2n) is 10.3. The molecule has 0 saturated carbocycles. The normalized spacial score (nSPS) is 14.8. The number of hydrogen-bond donors (Lipinski definition) is 2. The molecular formula is C28H38N2O3. The third kappa shape index (κ3) is 6.92. The Labute approximate surface area is 198 Å². The van der Waals surface area contributed by atoms with Gasteiger partial charge >= 0.3 is 5.97 Å². The monoisotopic (exact) mass is 450 g/mol. The van der Waals surface area contributed by atoms with E-state index in [4.69, 9.17) is 20.9 Å². The molecular weight excluding hydrogens is 412 g/mol. The maximum absolute atomic E-state index is 12.5. The maximum Gasteiger partial charge on any atom is 0.313 e. The summed E-state index contributed by atoms with van der Waals surface area (Å²) >= 11 is 0. The van der Waals surface area contributed by atoms with Gasteiger partial charge in [0.1, 0.15) is 5.75 Å². The van der Waals surface area contributed by atoms with Crippen molar-refractivity contribution >= 4 is 17.6 Å². The topological polar surface area (TPSA) is 87.6 Å². The van der Waals surface area contributed by atoms with Crippen molar-refractivity contribution in [1.82, 2.24) is 0 Å². The Morgan fingerprint density at radius 3 is 2.45 bits per heavy atom. The molecule has 33 heavy (non-hydrogen) atoms. The van der Waals surface area contributed by atoms with Gasteiger partial charge in [-0.05, 0) is 81.4 Å². The second-order valence-corrected chi connectivity index (χ2v) is 10.3. The van der Waals surface area contributed by atoms with E-state index in [2.05, 4.69) is 42.5 Å². The predicted molar refractivity (Wildman–Crippen MR) is 135 cm³/mol. The molecule has 4 N–H and O–H groups in total. The summed E-state index contributed by atoms with van der Waals surface area (Å²) in [4.78, 5) is 12.5. The highest BCUT2D eigenvalue weighted by atomic mass is 16.5. The molecule has 0 aromatic heterocycles. The van der Waals surface area contributed by atoms with Crippen LogP contribution in [0.3, 0.4) is 0 Å². The highest BCUT2D eigenvalue weighted by Gasteiger charge is 2.38. The largest absolute Gasteiger partial charge is 0.493 e. The van der Waals surface area contributed by atoms with E-state index in [1.54, 1.807) is 0 Å². The van der Waals surface area contributed by atoms with Crippen molar-refractivity contribution < 1.29 is 14.3 Å². The zero-order chi connectivity index (χ0) is 24.1. The molecule has 1 atom stereocenters. The lowest BCUT2D eigenvalue weighted by Crippen LogP contribution is -2.50. The number of hydrogen-bond acceptors (Lipinski definition) is 5. The first kappa shape index (κ1) is 25.0. The van der Waals surface area contributed by atoms with Crippen molar-refractivity contribution in [3.63, 3.8) is 0 Å². The molecule has 5 nitrogen and oxygen atoms in total. The Hall–Kier alpha value is -2.63. The van der Waals surface area contributed by atoms with E-state index in [1.165, 1.54) is 22.3 Å². The van der Waals surface area contributed by atoms with Crippen molar-refractivity contribution in [3.05, 3.63) is 65.2 Å². The van der Waals surface area contributed by atoms with Gasteiger partial charge in [-0.15, -0.1) is 0 Å². The van der Waals surface area contributed by atoms with Gasteiger partial charge in [-0.25, -0.2) is 0 Å². The molecule has 0 heterocycles. The zero-order valence-electron chi connectivity index (χ0n) is 20.4. The third-order valence-electron chi connectivity index (χ3n) is 6.24. The van der Waals surface area contributed by atoms with E-state index in [-0.39, 0.29) is 12.0 Å². The summed E-state index contributed by atoms with van der Waals surface area (Å²) in [5, 5.41) is 0. The van der Waals surface area contributed by atoms with Crippen LogP contribution in [0.25, 0.3) is 11.6 Å². The highest BCUT2D eigenvalue weighted by molar-refractivity contribution is 5.84. The summed E-state index contributed by atoms with van der Waals surface area (Å²) in [5.74, 6) is 0.554. The van der Waals surface area contributed by atoms with Crippen LogP contribution in [-0.4, -0.2) is 30.8 Å². The number of nitrogens with two attached hydrogens (primary N) is 2. The number of carbonyl (C=O) groups is 1. The molecule has 5 heteroatoms. The van der Waals surface area contributed by atoms with E-state index >= 15 is 0 Å². The Morgan fingerprint density at radius 1 is 1.03 bits per heavy atom. The van der Waals surface area contributed by atoms with Crippen LogP contribution in [0.1, 0.15) is 63.6 Å². The van der Waals surface area contributed by atoms with Gasteiger partial charge in [-0.3, -0.25) is 4.79 Å². The lowest BCUT2D eigenvalue weighted by molar-refractivity contribution is -0.155. The van der Waals surface area contributed by atoms with E-state index in [0.29, 0.717) is 26.1 Å². The van der Waals surface area contributed by atoms with Crippen LogP contribution in [-0.2, 0) is 16.0 Å². The molecule has 2 aromatic rings. The fourth-order valence-electron chi connectivity index (χ4n) is 4.01. The van der Waals surface area contributed by atoms with Crippen LogP contribution in [0.5, 0.6) is 5.75 Å². The summed E-state index contributed by atoms with van der Waals surface area (Å²) in [6, 6.07) is 16.4. The molecule has 1 unspecified atom stereocenters. The van der Waals surface area contributed by atoms with Crippen LogP contribution in [0, 0.1) is 5.41 Å². The molecule has 3 rings (SSSR count). The number of carbonyl (C=O) groups excluding carboxylic acids is 1. The predicted octanol–water partition coefficient (Wildman–Crippen LogP) is 4.97. The van der Waals surface area contributed by atoms with Crippen molar-refractivity contribution in [3.8, 4) is 5.75 Å². The van der Waals surface area contributed by atoms with Crippen LogP contribution in [0.4, 0.5) is 0 Å². The van der Waals surface area contributed by atoms with E-state index in [1.807, 2.05) is 39.8 Å². The van der Waals surface area contributed by atoms with Crippen molar-refractivity contribution in [1.29, 1.82) is 0 Å². The number of esters is 1. The quantitative estimate of drug-likeness (QED) is 0.394. The SMILES string of the molecule is CC(C)(N)CC(N)C(C)(C)C(=O)OCCCOc1ccc2c(c1)CCC(c1ccccc1)=C2. The Morgan fingerprint density at radius 2 is 1.76 bits per heavy atom. The number of rotatable bonds is 10. The van der Waals surface area contributed by atoms with E-state index in [9.17, 15) is 4.79 Å². The lowest BCUT2D eigenvalue weighted by Gasteiger charge is -2.33. The first-order chi connectivity index (χ1) is 15.6.